The number of rotatable bonds is 8. The molecule has 0 fully saturated rings. The zero-order valence-electron chi connectivity index (χ0n) is 15.6. The van der Waals surface area contributed by atoms with Crippen LogP contribution in [0.2, 0.25) is 0 Å². The molecule has 0 spiro atoms. The lowest BCUT2D eigenvalue weighted by Crippen LogP contribution is -2.27. The predicted molar refractivity (Wildman–Crippen MR) is 104 cm³/mol. The Morgan fingerprint density at radius 2 is 1.11 bits per heavy atom. The van der Waals surface area contributed by atoms with E-state index in [2.05, 4.69) is 24.3 Å². The number of nitrogens with two attached hydrogens (primary N) is 2. The summed E-state index contributed by atoms with van der Waals surface area (Å²) in [5, 5.41) is 0. The molecule has 5 nitrogen and oxygen atoms in total. The summed E-state index contributed by atoms with van der Waals surface area (Å²) in [6, 6.07) is 16.5. The normalized spacial score (nSPS) is 26.1. The van der Waals surface area contributed by atoms with Crippen LogP contribution in [0.3, 0.4) is 0 Å². The first-order valence-electron chi connectivity index (χ1n) is 9.72. The minimum Gasteiger partial charge on any atom is -0.377 e. The zero-order chi connectivity index (χ0) is 18.6. The second-order valence-electron chi connectivity index (χ2n) is 7.29. The van der Waals surface area contributed by atoms with Gasteiger partial charge in [-0.25, -0.2) is 0 Å². The third-order valence-corrected chi connectivity index (χ3v) is 5.59. The summed E-state index contributed by atoms with van der Waals surface area (Å²) in [7, 11) is 0. The lowest BCUT2D eigenvalue weighted by atomic mass is 10.1. The van der Waals surface area contributed by atoms with Crippen molar-refractivity contribution >= 4 is 0 Å². The molecule has 4 N–H and O–H groups in total. The van der Waals surface area contributed by atoms with Gasteiger partial charge in [0, 0.05) is 12.8 Å². The smallest absolute Gasteiger partial charge is 0.0809 e. The maximum absolute atomic E-state index is 6.27. The minimum absolute atomic E-state index is 0.0391. The maximum atomic E-state index is 6.27. The van der Waals surface area contributed by atoms with Crippen LogP contribution in [0.1, 0.15) is 34.3 Å². The van der Waals surface area contributed by atoms with Crippen LogP contribution in [0.25, 0.3) is 0 Å². The standard InChI is InChI=1S/C22H28N2O3/c23-21-17-7-3-1-5-15(17)13-19(21)26-11-9-25-10-12-27-20-14-16-6-2-4-8-18(16)22(20)24/h1-8,19-22H,9-14,23-24H2/t19-,20-,21+,22+/m1/s1. The van der Waals surface area contributed by atoms with E-state index in [1.54, 1.807) is 0 Å². The number of ether oxygens (including phenoxy) is 3. The van der Waals surface area contributed by atoms with Crippen LogP contribution in [0.15, 0.2) is 48.5 Å². The fourth-order valence-electron chi connectivity index (χ4n) is 4.12. The second kappa shape index (κ2) is 8.50. The third kappa shape index (κ3) is 4.08. The van der Waals surface area contributed by atoms with Crippen LogP contribution in [-0.4, -0.2) is 38.6 Å². The van der Waals surface area contributed by atoms with Crippen molar-refractivity contribution in [2.24, 2.45) is 11.5 Å². The van der Waals surface area contributed by atoms with Gasteiger partial charge in [-0.15, -0.1) is 0 Å². The summed E-state index contributed by atoms with van der Waals surface area (Å²) < 4.78 is 17.5. The van der Waals surface area contributed by atoms with Crippen molar-refractivity contribution in [1.29, 1.82) is 0 Å². The van der Waals surface area contributed by atoms with E-state index in [0.29, 0.717) is 26.4 Å². The SMILES string of the molecule is N[C@H]1c2ccccc2C[C@H]1OCCOCCO[C@@H]1Cc2ccccc2[C@@H]1N. The molecule has 0 unspecified atom stereocenters. The number of hydrogen-bond acceptors (Lipinski definition) is 5. The Kier molecular flexibility index (Phi) is 5.86. The average Bonchev–Trinajstić information content (AvgIpc) is 3.19. The second-order valence-corrected chi connectivity index (χ2v) is 7.29. The van der Waals surface area contributed by atoms with Gasteiger partial charge in [-0.1, -0.05) is 48.5 Å². The largest absolute Gasteiger partial charge is 0.377 e. The Morgan fingerprint density at radius 1 is 0.667 bits per heavy atom. The molecular weight excluding hydrogens is 340 g/mol. The molecular formula is C22H28N2O3. The van der Waals surface area contributed by atoms with Crippen LogP contribution in [-0.2, 0) is 27.1 Å². The summed E-state index contributed by atoms with van der Waals surface area (Å²) in [4.78, 5) is 0. The molecule has 0 radical (unpaired) electrons. The first-order chi connectivity index (χ1) is 13.2. The molecule has 5 heteroatoms. The highest BCUT2D eigenvalue weighted by atomic mass is 16.5. The zero-order valence-corrected chi connectivity index (χ0v) is 15.6. The van der Waals surface area contributed by atoms with E-state index in [4.69, 9.17) is 25.7 Å². The first-order valence-corrected chi connectivity index (χ1v) is 9.72. The summed E-state index contributed by atoms with van der Waals surface area (Å²) in [6.07, 6.45) is 1.83. The molecule has 2 aliphatic carbocycles. The quantitative estimate of drug-likeness (QED) is 0.699. The van der Waals surface area contributed by atoms with Gasteiger partial charge in [0.25, 0.3) is 0 Å². The molecule has 27 heavy (non-hydrogen) atoms. The van der Waals surface area contributed by atoms with Crippen LogP contribution < -0.4 is 11.5 Å². The Bertz CT molecular complexity index is 703. The van der Waals surface area contributed by atoms with E-state index in [1.807, 2.05) is 24.3 Å². The predicted octanol–water partition coefficient (Wildman–Crippen LogP) is 2.29. The molecule has 0 saturated carbocycles. The van der Waals surface area contributed by atoms with Crippen LogP contribution in [0, 0.1) is 0 Å². The molecule has 0 heterocycles. The lowest BCUT2D eigenvalue weighted by molar-refractivity contribution is -0.0305. The molecule has 2 aliphatic rings. The van der Waals surface area contributed by atoms with Gasteiger partial charge in [-0.2, -0.15) is 0 Å². The van der Waals surface area contributed by atoms with Gasteiger partial charge in [0.2, 0.25) is 0 Å². The molecule has 0 saturated heterocycles. The van der Waals surface area contributed by atoms with Crippen molar-refractivity contribution in [3.05, 3.63) is 70.8 Å². The van der Waals surface area contributed by atoms with E-state index < -0.39 is 0 Å². The molecule has 2 aromatic carbocycles. The van der Waals surface area contributed by atoms with E-state index in [-0.39, 0.29) is 24.3 Å². The van der Waals surface area contributed by atoms with Crippen LogP contribution in [0.4, 0.5) is 0 Å². The molecule has 4 rings (SSSR count). The lowest BCUT2D eigenvalue weighted by Gasteiger charge is -2.18. The van der Waals surface area contributed by atoms with Crippen molar-refractivity contribution < 1.29 is 14.2 Å². The highest BCUT2D eigenvalue weighted by Gasteiger charge is 2.30. The van der Waals surface area contributed by atoms with E-state index in [0.717, 1.165) is 12.8 Å². The summed E-state index contributed by atoms with van der Waals surface area (Å²) >= 11 is 0. The average molecular weight is 368 g/mol. The van der Waals surface area contributed by atoms with Crippen molar-refractivity contribution in [1.82, 2.24) is 0 Å². The minimum atomic E-state index is -0.0463. The van der Waals surface area contributed by atoms with Gasteiger partial charge >= 0.3 is 0 Å². The summed E-state index contributed by atoms with van der Waals surface area (Å²) in [5.74, 6) is 0. The molecule has 144 valence electrons. The van der Waals surface area contributed by atoms with E-state index >= 15 is 0 Å². The molecule has 0 amide bonds. The van der Waals surface area contributed by atoms with Crippen molar-refractivity contribution in [2.75, 3.05) is 26.4 Å². The summed E-state index contributed by atoms with van der Waals surface area (Å²) in [6.45, 7) is 2.17. The van der Waals surface area contributed by atoms with Gasteiger partial charge < -0.3 is 25.7 Å². The van der Waals surface area contributed by atoms with Gasteiger partial charge in [0.15, 0.2) is 0 Å². The van der Waals surface area contributed by atoms with Gasteiger partial charge in [0.1, 0.15) is 0 Å². The maximum Gasteiger partial charge on any atom is 0.0809 e. The van der Waals surface area contributed by atoms with E-state index in [1.165, 1.54) is 22.3 Å². The van der Waals surface area contributed by atoms with Gasteiger partial charge in [-0.05, 0) is 22.3 Å². The monoisotopic (exact) mass is 368 g/mol. The molecule has 4 atom stereocenters. The third-order valence-electron chi connectivity index (χ3n) is 5.59. The molecule has 0 bridgehead atoms. The van der Waals surface area contributed by atoms with Gasteiger partial charge in [-0.3, -0.25) is 0 Å². The molecule has 0 aliphatic heterocycles. The van der Waals surface area contributed by atoms with Crippen LogP contribution >= 0.6 is 0 Å². The van der Waals surface area contributed by atoms with Crippen molar-refractivity contribution in [2.45, 2.75) is 37.1 Å². The fourth-order valence-corrected chi connectivity index (χ4v) is 4.12. The molecule has 0 aromatic heterocycles. The highest BCUT2D eigenvalue weighted by molar-refractivity contribution is 5.36. The number of fused-ring (bicyclic) bond motifs is 2. The molecule has 2 aromatic rings. The fraction of sp³-hybridized carbons (Fsp3) is 0.455. The van der Waals surface area contributed by atoms with Crippen molar-refractivity contribution in [3.8, 4) is 0 Å². The number of benzene rings is 2. The topological polar surface area (TPSA) is 79.7 Å². The van der Waals surface area contributed by atoms with Crippen molar-refractivity contribution in [3.63, 3.8) is 0 Å². The van der Waals surface area contributed by atoms with Gasteiger partial charge in [0.05, 0.1) is 50.7 Å². The first kappa shape index (κ1) is 18.6. The number of hydrogen-bond donors (Lipinski definition) is 2. The Morgan fingerprint density at radius 3 is 1.56 bits per heavy atom. The summed E-state index contributed by atoms with van der Waals surface area (Å²) in [5.41, 5.74) is 17.5. The van der Waals surface area contributed by atoms with E-state index in [9.17, 15) is 0 Å². The Labute approximate surface area is 160 Å². The Balaban J connectivity index is 1.10. The Hall–Kier alpha value is -1.76. The van der Waals surface area contributed by atoms with Crippen LogP contribution in [0.5, 0.6) is 0 Å². The highest BCUT2D eigenvalue weighted by Crippen LogP contribution is 2.32.